The van der Waals surface area contributed by atoms with Gasteiger partial charge in [-0.3, -0.25) is 4.68 Å². The van der Waals surface area contributed by atoms with Crippen LogP contribution in [0.1, 0.15) is 22.6 Å². The van der Waals surface area contributed by atoms with E-state index in [0.29, 0.717) is 18.8 Å². The summed E-state index contributed by atoms with van der Waals surface area (Å²) in [5.74, 6) is 0. The minimum Gasteiger partial charge on any atom is -0.307 e. The third kappa shape index (κ3) is 2.31. The van der Waals surface area contributed by atoms with Crippen LogP contribution in [-0.2, 0) is 29.7 Å². The van der Waals surface area contributed by atoms with Crippen molar-refractivity contribution in [3.63, 3.8) is 0 Å². The van der Waals surface area contributed by atoms with E-state index in [2.05, 4.69) is 15.5 Å². The van der Waals surface area contributed by atoms with Crippen LogP contribution in [0.15, 0.2) is 11.1 Å². The number of aromatic nitrogens is 4. The fourth-order valence-corrected chi connectivity index (χ4v) is 4.16. The standard InChI is InChI=1S/C12H15F2N5O2S/c1-7-12(8(2)18(16-7)6-11(13)14)22(20,21)19-5-9-3-15-4-10(9)17-19/h5,11,15H,3-4,6H2,1-2H3. The Balaban J connectivity index is 2.07. The van der Waals surface area contributed by atoms with Crippen LogP contribution >= 0.6 is 0 Å². The lowest BCUT2D eigenvalue weighted by atomic mass is 10.3. The molecule has 0 radical (unpaired) electrons. The number of halogens is 2. The molecule has 1 N–H and O–H groups in total. The lowest BCUT2D eigenvalue weighted by Crippen LogP contribution is -2.17. The molecule has 0 aliphatic carbocycles. The summed E-state index contributed by atoms with van der Waals surface area (Å²) in [6.45, 7) is 3.39. The van der Waals surface area contributed by atoms with Gasteiger partial charge in [0, 0.05) is 24.8 Å². The second-order valence-corrected chi connectivity index (χ2v) is 6.89. The molecule has 0 saturated carbocycles. The van der Waals surface area contributed by atoms with E-state index in [0.717, 1.165) is 14.3 Å². The molecule has 0 unspecified atom stereocenters. The van der Waals surface area contributed by atoms with Crippen LogP contribution in [0.25, 0.3) is 0 Å². The SMILES string of the molecule is Cc1nn(CC(F)F)c(C)c1S(=O)(=O)n1cc2c(n1)CNC2. The zero-order valence-corrected chi connectivity index (χ0v) is 12.9. The summed E-state index contributed by atoms with van der Waals surface area (Å²) in [6, 6.07) is 0. The van der Waals surface area contributed by atoms with Gasteiger partial charge in [0.15, 0.2) is 0 Å². The number of hydrogen-bond donors (Lipinski definition) is 1. The van der Waals surface area contributed by atoms with Gasteiger partial charge in [-0.2, -0.15) is 22.7 Å². The molecular weight excluding hydrogens is 316 g/mol. The first-order chi connectivity index (χ1) is 10.3. The molecule has 120 valence electrons. The molecule has 0 saturated heterocycles. The monoisotopic (exact) mass is 331 g/mol. The van der Waals surface area contributed by atoms with Gasteiger partial charge in [-0.15, -0.1) is 0 Å². The molecule has 0 aromatic carbocycles. The normalized spacial score (nSPS) is 14.8. The minimum absolute atomic E-state index is 0.0673. The number of aryl methyl sites for hydroxylation is 1. The lowest BCUT2D eigenvalue weighted by Gasteiger charge is -2.06. The van der Waals surface area contributed by atoms with Gasteiger partial charge in [-0.1, -0.05) is 0 Å². The number of hydrogen-bond acceptors (Lipinski definition) is 5. The summed E-state index contributed by atoms with van der Waals surface area (Å²) in [5, 5.41) is 11.0. The molecule has 3 heterocycles. The molecule has 22 heavy (non-hydrogen) atoms. The molecule has 0 spiro atoms. The predicted octanol–water partition coefficient (Wildman–Crippen LogP) is 0.802. The maximum Gasteiger partial charge on any atom is 0.286 e. The summed E-state index contributed by atoms with van der Waals surface area (Å²) in [5.41, 5.74) is 1.87. The van der Waals surface area contributed by atoms with Crippen LogP contribution < -0.4 is 5.32 Å². The highest BCUT2D eigenvalue weighted by Crippen LogP contribution is 2.24. The largest absolute Gasteiger partial charge is 0.307 e. The van der Waals surface area contributed by atoms with Gasteiger partial charge in [-0.25, -0.2) is 8.78 Å². The Morgan fingerprint density at radius 2 is 2.05 bits per heavy atom. The van der Waals surface area contributed by atoms with Crippen molar-refractivity contribution in [1.29, 1.82) is 0 Å². The van der Waals surface area contributed by atoms with Crippen molar-refractivity contribution in [2.75, 3.05) is 0 Å². The number of nitrogens with one attached hydrogen (secondary N) is 1. The highest BCUT2D eigenvalue weighted by atomic mass is 32.2. The van der Waals surface area contributed by atoms with Crippen LogP contribution in [0, 0.1) is 13.8 Å². The molecule has 0 atom stereocenters. The summed E-state index contributed by atoms with van der Waals surface area (Å²) in [7, 11) is -3.94. The number of rotatable bonds is 4. The van der Waals surface area contributed by atoms with Crippen molar-refractivity contribution in [2.24, 2.45) is 0 Å². The summed E-state index contributed by atoms with van der Waals surface area (Å²) in [4.78, 5) is -0.0673. The molecule has 7 nitrogen and oxygen atoms in total. The van der Waals surface area contributed by atoms with E-state index in [1.807, 2.05) is 0 Å². The van der Waals surface area contributed by atoms with Crippen LogP contribution in [-0.4, -0.2) is 33.8 Å². The first kappa shape index (κ1) is 15.1. The van der Waals surface area contributed by atoms with Crippen molar-refractivity contribution in [3.05, 3.63) is 28.8 Å². The van der Waals surface area contributed by atoms with E-state index in [4.69, 9.17) is 0 Å². The van der Waals surface area contributed by atoms with Crippen molar-refractivity contribution in [2.45, 2.75) is 44.8 Å². The Morgan fingerprint density at radius 3 is 2.68 bits per heavy atom. The molecule has 2 aromatic heterocycles. The Bertz CT molecular complexity index is 803. The van der Waals surface area contributed by atoms with Crippen LogP contribution in [0.4, 0.5) is 8.78 Å². The van der Waals surface area contributed by atoms with Gasteiger partial charge in [-0.05, 0) is 13.8 Å². The average Bonchev–Trinajstić information content (AvgIpc) is 3.03. The minimum atomic E-state index is -3.94. The van der Waals surface area contributed by atoms with Crippen LogP contribution in [0.5, 0.6) is 0 Å². The third-order valence-corrected chi connectivity index (χ3v) is 5.38. The molecule has 2 aromatic rings. The maximum atomic E-state index is 12.7. The van der Waals surface area contributed by atoms with Crippen LogP contribution in [0.2, 0.25) is 0 Å². The zero-order valence-electron chi connectivity index (χ0n) is 12.0. The fraction of sp³-hybridized carbons (Fsp3) is 0.500. The number of nitrogens with zero attached hydrogens (tertiary/aromatic N) is 4. The van der Waals surface area contributed by atoms with E-state index in [1.165, 1.54) is 20.0 Å². The molecule has 0 amide bonds. The van der Waals surface area contributed by atoms with E-state index in [1.54, 1.807) is 0 Å². The van der Waals surface area contributed by atoms with Gasteiger partial charge in [0.05, 0.1) is 17.1 Å². The highest BCUT2D eigenvalue weighted by molar-refractivity contribution is 7.90. The van der Waals surface area contributed by atoms with E-state index < -0.39 is 23.0 Å². The van der Waals surface area contributed by atoms with Gasteiger partial charge >= 0.3 is 0 Å². The first-order valence-electron chi connectivity index (χ1n) is 6.66. The van der Waals surface area contributed by atoms with Gasteiger partial charge < -0.3 is 5.32 Å². The maximum absolute atomic E-state index is 12.7. The molecule has 10 heteroatoms. The van der Waals surface area contributed by atoms with Gasteiger partial charge in [0.25, 0.3) is 16.4 Å². The van der Waals surface area contributed by atoms with Crippen molar-refractivity contribution in [3.8, 4) is 0 Å². The number of alkyl halides is 2. The molecule has 1 aliphatic rings. The first-order valence-corrected chi connectivity index (χ1v) is 8.10. The molecule has 1 aliphatic heterocycles. The highest BCUT2D eigenvalue weighted by Gasteiger charge is 2.29. The molecular formula is C12H15F2N5O2S. The number of fused-ring (bicyclic) bond motifs is 1. The Kier molecular flexibility index (Phi) is 3.52. The van der Waals surface area contributed by atoms with E-state index >= 15 is 0 Å². The van der Waals surface area contributed by atoms with Crippen LogP contribution in [0.3, 0.4) is 0 Å². The second-order valence-electron chi connectivity index (χ2n) is 5.16. The fourth-order valence-electron chi connectivity index (χ4n) is 2.61. The Labute approximate surface area is 126 Å². The topological polar surface area (TPSA) is 81.8 Å². The zero-order chi connectivity index (χ0) is 16.1. The Hall–Kier alpha value is -1.81. The third-order valence-electron chi connectivity index (χ3n) is 3.59. The quantitative estimate of drug-likeness (QED) is 0.896. The van der Waals surface area contributed by atoms with Crippen molar-refractivity contribution >= 4 is 10.0 Å². The summed E-state index contributed by atoms with van der Waals surface area (Å²) >= 11 is 0. The summed E-state index contributed by atoms with van der Waals surface area (Å²) in [6.07, 6.45) is -1.15. The average molecular weight is 331 g/mol. The van der Waals surface area contributed by atoms with E-state index in [-0.39, 0.29) is 16.3 Å². The molecule has 0 fully saturated rings. The molecule has 3 rings (SSSR count). The van der Waals surface area contributed by atoms with Crippen molar-refractivity contribution < 1.29 is 17.2 Å². The molecule has 0 bridgehead atoms. The van der Waals surface area contributed by atoms with Gasteiger partial charge in [0.1, 0.15) is 11.4 Å². The second kappa shape index (κ2) is 5.13. The predicted molar refractivity (Wildman–Crippen MR) is 73.1 cm³/mol. The summed E-state index contributed by atoms with van der Waals surface area (Å²) < 4.78 is 52.4. The smallest absolute Gasteiger partial charge is 0.286 e. The van der Waals surface area contributed by atoms with Crippen molar-refractivity contribution in [1.82, 2.24) is 24.3 Å². The van der Waals surface area contributed by atoms with Gasteiger partial charge in [0.2, 0.25) is 0 Å². The Morgan fingerprint density at radius 1 is 1.32 bits per heavy atom. The van der Waals surface area contributed by atoms with E-state index in [9.17, 15) is 17.2 Å². The lowest BCUT2D eigenvalue weighted by molar-refractivity contribution is 0.120.